The normalized spacial score (nSPS) is 10.9. The quantitative estimate of drug-likeness (QED) is 0.0491. The largest absolute Gasteiger partial charge is 0.482 e. The van der Waals surface area contributed by atoms with Crippen LogP contribution in [0.25, 0.3) is 11.1 Å². The Morgan fingerprint density at radius 1 is 0.446 bits per heavy atom. The average molecular weight is 785 g/mol. The summed E-state index contributed by atoms with van der Waals surface area (Å²) >= 11 is 0. The van der Waals surface area contributed by atoms with Gasteiger partial charge in [0.05, 0.1) is 21.0 Å². The van der Waals surface area contributed by atoms with Crippen LogP contribution >= 0.6 is 0 Å². The van der Waals surface area contributed by atoms with Gasteiger partial charge >= 0.3 is 11.4 Å². The zero-order valence-corrected chi connectivity index (χ0v) is 27.8. The lowest BCUT2D eigenvalue weighted by Gasteiger charge is -2.17. The first-order chi connectivity index (χ1) is 26.8. The minimum absolute atomic E-state index is 0.224. The lowest BCUT2D eigenvalue weighted by atomic mass is 10.0. The standard InChI is InChI=1S/C38H20F8N2O8/c39-29-27(30(40)34(44)37(33(29)43)55-21-11-13-23(47(49)50)25(15-21)53-17-19-7-3-1-4-8-19)28-31(41)35(45)38(36(46)32(28)42)56-22-12-14-24(48(51)52)26(16-22)54-18-20-9-5-2-6-10-20/h1-16H,17-18H2. The maximum atomic E-state index is 15.4. The number of hydrogen-bond donors (Lipinski definition) is 0. The van der Waals surface area contributed by atoms with E-state index in [0.29, 0.717) is 11.1 Å². The van der Waals surface area contributed by atoms with E-state index in [1.165, 1.54) is 0 Å². The van der Waals surface area contributed by atoms with Crippen molar-refractivity contribution in [3.63, 3.8) is 0 Å². The van der Waals surface area contributed by atoms with Crippen LogP contribution in [0.15, 0.2) is 97.1 Å². The smallest absolute Gasteiger partial charge is 0.311 e. The number of benzene rings is 6. The predicted molar refractivity (Wildman–Crippen MR) is 179 cm³/mol. The molecule has 0 spiro atoms. The number of ether oxygens (including phenoxy) is 4. The van der Waals surface area contributed by atoms with Crippen molar-refractivity contribution in [1.82, 2.24) is 0 Å². The van der Waals surface area contributed by atoms with Crippen molar-refractivity contribution in [3.05, 3.63) is 175 Å². The molecule has 6 rings (SSSR count). The van der Waals surface area contributed by atoms with Gasteiger partial charge in [-0.2, -0.15) is 17.6 Å². The first-order valence-electron chi connectivity index (χ1n) is 15.7. The van der Waals surface area contributed by atoms with Gasteiger partial charge in [-0.05, 0) is 23.3 Å². The summed E-state index contributed by atoms with van der Waals surface area (Å²) in [5.41, 5.74) is -4.57. The maximum Gasteiger partial charge on any atom is 0.311 e. The number of nitro benzene ring substituents is 2. The van der Waals surface area contributed by atoms with Crippen molar-refractivity contribution in [2.45, 2.75) is 13.2 Å². The summed E-state index contributed by atoms with van der Waals surface area (Å²) in [5, 5.41) is 23.0. The molecule has 286 valence electrons. The highest BCUT2D eigenvalue weighted by molar-refractivity contribution is 5.70. The van der Waals surface area contributed by atoms with E-state index < -0.39 is 113 Å². The van der Waals surface area contributed by atoms with E-state index in [2.05, 4.69) is 0 Å². The Kier molecular flexibility index (Phi) is 11.0. The summed E-state index contributed by atoms with van der Waals surface area (Å²) < 4.78 is 144. The van der Waals surface area contributed by atoms with Gasteiger partial charge in [0.15, 0.2) is 23.3 Å². The number of nitro groups is 2. The monoisotopic (exact) mass is 784 g/mol. The van der Waals surface area contributed by atoms with Crippen LogP contribution in [0.1, 0.15) is 11.1 Å². The molecule has 0 amide bonds. The molecule has 56 heavy (non-hydrogen) atoms. The molecule has 0 atom stereocenters. The summed E-state index contributed by atoms with van der Waals surface area (Å²) in [6.45, 7) is -0.448. The number of hydrogen-bond acceptors (Lipinski definition) is 8. The van der Waals surface area contributed by atoms with Crippen molar-refractivity contribution in [3.8, 4) is 45.6 Å². The van der Waals surface area contributed by atoms with Crippen molar-refractivity contribution >= 4 is 11.4 Å². The van der Waals surface area contributed by atoms with Crippen LogP contribution in [0.4, 0.5) is 46.5 Å². The van der Waals surface area contributed by atoms with Gasteiger partial charge in [0.25, 0.3) is 0 Å². The predicted octanol–water partition coefficient (Wildman–Crippen LogP) is 11.0. The van der Waals surface area contributed by atoms with Crippen molar-refractivity contribution in [1.29, 1.82) is 0 Å². The van der Waals surface area contributed by atoms with E-state index in [1.807, 2.05) is 0 Å². The topological polar surface area (TPSA) is 123 Å². The molecule has 6 aromatic carbocycles. The SMILES string of the molecule is O=[N+]([O-])c1ccc(Oc2c(F)c(F)c(-c3c(F)c(F)c(Oc4ccc([N+](=O)[O-])c(OCc5ccccc5)c4)c(F)c3F)c(F)c2F)cc1OCc1ccccc1. The average Bonchev–Trinajstić information content (AvgIpc) is 3.20. The molecule has 10 nitrogen and oxygen atoms in total. The first kappa shape index (κ1) is 38.5. The van der Waals surface area contributed by atoms with E-state index >= 15 is 35.1 Å². The van der Waals surface area contributed by atoms with Gasteiger partial charge in [-0.3, -0.25) is 20.2 Å². The highest BCUT2D eigenvalue weighted by Crippen LogP contribution is 2.44. The van der Waals surface area contributed by atoms with Gasteiger partial charge in [0.2, 0.25) is 46.3 Å². The molecule has 0 aliphatic carbocycles. The van der Waals surface area contributed by atoms with Gasteiger partial charge in [0.1, 0.15) is 24.7 Å². The molecule has 0 saturated heterocycles. The molecule has 0 fully saturated rings. The van der Waals surface area contributed by atoms with Crippen molar-refractivity contribution in [2.75, 3.05) is 0 Å². The zero-order chi connectivity index (χ0) is 40.3. The van der Waals surface area contributed by atoms with Gasteiger partial charge in [-0.25, -0.2) is 17.6 Å². The third kappa shape index (κ3) is 7.70. The Hall–Kier alpha value is -7.24. The molecule has 6 aromatic rings. The summed E-state index contributed by atoms with van der Waals surface area (Å²) in [6.07, 6.45) is 0. The number of halogens is 8. The highest BCUT2D eigenvalue weighted by atomic mass is 19.2. The van der Waals surface area contributed by atoms with E-state index in [4.69, 9.17) is 18.9 Å². The van der Waals surface area contributed by atoms with Crippen molar-refractivity contribution < 1.29 is 63.9 Å². The lowest BCUT2D eigenvalue weighted by molar-refractivity contribution is -0.386. The fourth-order valence-corrected chi connectivity index (χ4v) is 5.20. The van der Waals surface area contributed by atoms with Crippen molar-refractivity contribution in [2.24, 2.45) is 0 Å². The zero-order valence-electron chi connectivity index (χ0n) is 27.8. The summed E-state index contributed by atoms with van der Waals surface area (Å²) in [7, 11) is 0. The Labute approximate surface area is 309 Å². The Morgan fingerprint density at radius 3 is 1.07 bits per heavy atom. The highest BCUT2D eigenvalue weighted by Gasteiger charge is 2.36. The van der Waals surface area contributed by atoms with Crippen LogP contribution in [0.3, 0.4) is 0 Å². The van der Waals surface area contributed by atoms with E-state index in [9.17, 15) is 20.2 Å². The minimum atomic E-state index is -2.55. The van der Waals surface area contributed by atoms with Crippen LogP contribution in [0, 0.1) is 66.8 Å². The number of rotatable bonds is 13. The molecule has 0 aliphatic heterocycles. The Balaban J connectivity index is 1.32. The maximum absolute atomic E-state index is 15.4. The molecule has 18 heteroatoms. The second-order valence-corrected chi connectivity index (χ2v) is 11.4. The molecular formula is C38H20F8N2O8. The fourth-order valence-electron chi connectivity index (χ4n) is 5.20. The Morgan fingerprint density at radius 2 is 0.768 bits per heavy atom. The van der Waals surface area contributed by atoms with Crippen LogP contribution in [-0.4, -0.2) is 9.85 Å². The molecule has 0 saturated carbocycles. The first-order valence-corrected chi connectivity index (χ1v) is 15.7. The van der Waals surface area contributed by atoms with Crippen LogP contribution in [0.2, 0.25) is 0 Å². The lowest BCUT2D eigenvalue weighted by Crippen LogP contribution is -2.09. The molecule has 0 bridgehead atoms. The van der Waals surface area contributed by atoms with Crippen LogP contribution < -0.4 is 18.9 Å². The van der Waals surface area contributed by atoms with Crippen LogP contribution in [0.5, 0.6) is 34.5 Å². The second kappa shape index (κ2) is 16.0. The molecule has 0 radical (unpaired) electrons. The van der Waals surface area contributed by atoms with Gasteiger partial charge in [-0.1, -0.05) is 60.7 Å². The number of nitrogens with zero attached hydrogens (tertiary/aromatic N) is 2. The van der Waals surface area contributed by atoms with Gasteiger partial charge in [-0.15, -0.1) is 0 Å². The van der Waals surface area contributed by atoms with E-state index in [0.717, 1.165) is 36.4 Å². The molecular weight excluding hydrogens is 764 g/mol. The molecule has 0 heterocycles. The summed E-state index contributed by atoms with van der Waals surface area (Å²) in [6, 6.07) is 21.2. The van der Waals surface area contributed by atoms with Gasteiger partial charge < -0.3 is 18.9 Å². The molecule has 0 aromatic heterocycles. The third-order valence-corrected chi connectivity index (χ3v) is 7.87. The summed E-state index contributed by atoms with van der Waals surface area (Å²) in [5.74, 6) is -25.8. The third-order valence-electron chi connectivity index (χ3n) is 7.87. The minimum Gasteiger partial charge on any atom is -0.482 e. The second-order valence-electron chi connectivity index (χ2n) is 11.4. The summed E-state index contributed by atoms with van der Waals surface area (Å²) in [4.78, 5) is 21.3. The Bertz CT molecular complexity index is 2260. The molecule has 0 aliphatic rings. The fraction of sp³-hybridized carbons (Fsp3) is 0.0526. The molecule has 0 unspecified atom stereocenters. The molecule has 0 N–H and O–H groups in total. The van der Waals surface area contributed by atoms with Gasteiger partial charge in [0, 0.05) is 24.3 Å². The van der Waals surface area contributed by atoms with E-state index in [1.54, 1.807) is 60.7 Å². The van der Waals surface area contributed by atoms with Crippen LogP contribution in [-0.2, 0) is 13.2 Å². The van der Waals surface area contributed by atoms with E-state index in [-0.39, 0.29) is 13.2 Å².